The summed E-state index contributed by atoms with van der Waals surface area (Å²) >= 11 is 0. The monoisotopic (exact) mass is 310 g/mol. The Kier molecular flexibility index (Phi) is 4.14. The first-order chi connectivity index (χ1) is 11.2. The number of H-pyrrole nitrogens is 1. The lowest BCUT2D eigenvalue weighted by atomic mass is 10.1. The zero-order valence-electron chi connectivity index (χ0n) is 13.0. The molecule has 2 N–H and O–H groups in total. The summed E-state index contributed by atoms with van der Waals surface area (Å²) in [5.41, 5.74) is 3.05. The predicted octanol–water partition coefficient (Wildman–Crippen LogP) is 2.35. The smallest absolute Gasteiger partial charge is 0.269 e. The first kappa shape index (κ1) is 14.9. The number of aromatic amines is 1. The molecule has 0 unspecified atom stereocenters. The second-order valence-corrected chi connectivity index (χ2v) is 5.19. The van der Waals surface area contributed by atoms with Gasteiger partial charge in [0.2, 0.25) is 0 Å². The van der Waals surface area contributed by atoms with Gasteiger partial charge in [0.05, 0.1) is 19.3 Å². The molecule has 0 radical (unpaired) electrons. The highest BCUT2D eigenvalue weighted by Gasteiger charge is 2.11. The molecule has 0 spiro atoms. The summed E-state index contributed by atoms with van der Waals surface area (Å²) in [6.07, 6.45) is 1.94. The summed E-state index contributed by atoms with van der Waals surface area (Å²) in [6, 6.07) is 13.2. The van der Waals surface area contributed by atoms with Crippen LogP contribution in [0, 0.1) is 0 Å². The number of rotatable bonds is 5. The summed E-state index contributed by atoms with van der Waals surface area (Å²) in [7, 11) is 3.56. The van der Waals surface area contributed by atoms with Crippen molar-refractivity contribution in [2.45, 2.75) is 6.54 Å². The maximum absolute atomic E-state index is 12.2. The molecule has 2 heterocycles. The van der Waals surface area contributed by atoms with Crippen LogP contribution in [0.25, 0.3) is 11.3 Å². The minimum Gasteiger partial charge on any atom is -0.497 e. The molecule has 3 aromatic rings. The number of methoxy groups -OCH3 is 1. The molecule has 118 valence electrons. The Morgan fingerprint density at radius 1 is 1.30 bits per heavy atom. The Hall–Kier alpha value is -3.02. The van der Waals surface area contributed by atoms with Crippen LogP contribution < -0.4 is 10.1 Å². The third-order valence-corrected chi connectivity index (χ3v) is 3.67. The van der Waals surface area contributed by atoms with Gasteiger partial charge in [-0.3, -0.25) is 9.89 Å². The number of aromatic nitrogens is 3. The van der Waals surface area contributed by atoms with E-state index in [1.807, 2.05) is 54.2 Å². The number of carbonyl (C=O) groups excluding carboxylic acids is 1. The van der Waals surface area contributed by atoms with Gasteiger partial charge >= 0.3 is 0 Å². The SMILES string of the molecule is COc1cccc(-c2cc(C(=O)NCc3cccn3C)[nH]n2)c1. The second-order valence-electron chi connectivity index (χ2n) is 5.19. The van der Waals surface area contributed by atoms with Gasteiger partial charge in [0.15, 0.2) is 0 Å². The van der Waals surface area contributed by atoms with E-state index < -0.39 is 0 Å². The fraction of sp³-hybridized carbons (Fsp3) is 0.176. The van der Waals surface area contributed by atoms with Gasteiger partial charge in [0.25, 0.3) is 5.91 Å². The molecule has 0 fully saturated rings. The van der Waals surface area contributed by atoms with E-state index in [9.17, 15) is 4.79 Å². The van der Waals surface area contributed by atoms with Gasteiger partial charge in [-0.15, -0.1) is 0 Å². The normalized spacial score (nSPS) is 10.5. The number of amides is 1. The molecule has 1 amide bonds. The van der Waals surface area contributed by atoms with Gasteiger partial charge in [0.1, 0.15) is 11.4 Å². The lowest BCUT2D eigenvalue weighted by Crippen LogP contribution is -2.24. The zero-order valence-corrected chi connectivity index (χ0v) is 13.0. The second kappa shape index (κ2) is 6.39. The van der Waals surface area contributed by atoms with Gasteiger partial charge in [-0.1, -0.05) is 12.1 Å². The highest BCUT2D eigenvalue weighted by atomic mass is 16.5. The van der Waals surface area contributed by atoms with Crippen molar-refractivity contribution in [2.75, 3.05) is 7.11 Å². The van der Waals surface area contributed by atoms with E-state index in [4.69, 9.17) is 4.74 Å². The van der Waals surface area contributed by atoms with Crippen molar-refractivity contribution < 1.29 is 9.53 Å². The topological polar surface area (TPSA) is 71.9 Å². The van der Waals surface area contributed by atoms with Crippen LogP contribution >= 0.6 is 0 Å². The van der Waals surface area contributed by atoms with E-state index in [0.29, 0.717) is 17.9 Å². The average Bonchev–Trinajstić information content (AvgIpc) is 3.22. The van der Waals surface area contributed by atoms with E-state index in [2.05, 4.69) is 15.5 Å². The van der Waals surface area contributed by atoms with E-state index in [1.54, 1.807) is 13.2 Å². The highest BCUT2D eigenvalue weighted by Crippen LogP contribution is 2.22. The number of ether oxygens (including phenoxy) is 1. The molecule has 0 atom stereocenters. The Balaban J connectivity index is 1.71. The molecule has 0 bridgehead atoms. The maximum Gasteiger partial charge on any atom is 0.269 e. The van der Waals surface area contributed by atoms with Crippen molar-refractivity contribution in [1.29, 1.82) is 0 Å². The van der Waals surface area contributed by atoms with Gasteiger partial charge in [0, 0.05) is 24.5 Å². The van der Waals surface area contributed by atoms with Crippen molar-refractivity contribution >= 4 is 5.91 Å². The molecule has 6 nitrogen and oxygen atoms in total. The quantitative estimate of drug-likeness (QED) is 0.760. The third kappa shape index (κ3) is 3.26. The first-order valence-electron chi connectivity index (χ1n) is 7.25. The van der Waals surface area contributed by atoms with Crippen molar-refractivity contribution in [3.05, 3.63) is 60.0 Å². The molecule has 3 rings (SSSR count). The lowest BCUT2D eigenvalue weighted by Gasteiger charge is -2.04. The highest BCUT2D eigenvalue weighted by molar-refractivity contribution is 5.93. The summed E-state index contributed by atoms with van der Waals surface area (Å²) < 4.78 is 7.17. The standard InChI is InChI=1S/C17H18N4O2/c1-21-8-4-6-13(21)11-18-17(22)16-10-15(19-20-16)12-5-3-7-14(9-12)23-2/h3-10H,11H2,1-2H3,(H,18,22)(H,19,20). The molecule has 0 aliphatic rings. The average molecular weight is 310 g/mol. The fourth-order valence-electron chi connectivity index (χ4n) is 2.31. The molecule has 0 aliphatic heterocycles. The van der Waals surface area contributed by atoms with Gasteiger partial charge < -0.3 is 14.6 Å². The van der Waals surface area contributed by atoms with Gasteiger partial charge in [-0.25, -0.2) is 0 Å². The molecular weight excluding hydrogens is 292 g/mol. The van der Waals surface area contributed by atoms with Gasteiger partial charge in [-0.05, 0) is 30.3 Å². The molecule has 0 aliphatic carbocycles. The van der Waals surface area contributed by atoms with Crippen LogP contribution in [-0.4, -0.2) is 27.8 Å². The molecule has 0 saturated carbocycles. The van der Waals surface area contributed by atoms with Crippen molar-refractivity contribution in [2.24, 2.45) is 7.05 Å². The van der Waals surface area contributed by atoms with E-state index in [1.165, 1.54) is 0 Å². The Morgan fingerprint density at radius 2 is 2.17 bits per heavy atom. The molecule has 6 heteroatoms. The Bertz CT molecular complexity index is 819. The van der Waals surface area contributed by atoms with Crippen LogP contribution in [0.1, 0.15) is 16.2 Å². The largest absolute Gasteiger partial charge is 0.497 e. The number of benzene rings is 1. The van der Waals surface area contributed by atoms with Crippen LogP contribution in [0.2, 0.25) is 0 Å². The molecule has 23 heavy (non-hydrogen) atoms. The summed E-state index contributed by atoms with van der Waals surface area (Å²) in [4.78, 5) is 12.2. The number of hydrogen-bond acceptors (Lipinski definition) is 3. The minimum absolute atomic E-state index is 0.187. The van der Waals surface area contributed by atoms with E-state index >= 15 is 0 Å². The molecule has 2 aromatic heterocycles. The summed E-state index contributed by atoms with van der Waals surface area (Å²) in [6.45, 7) is 0.468. The molecule has 0 saturated heterocycles. The van der Waals surface area contributed by atoms with Crippen LogP contribution in [0.3, 0.4) is 0 Å². The Morgan fingerprint density at radius 3 is 2.91 bits per heavy atom. The number of carbonyl (C=O) groups is 1. The summed E-state index contributed by atoms with van der Waals surface area (Å²) in [5.74, 6) is 0.563. The van der Waals surface area contributed by atoms with Crippen LogP contribution in [0.5, 0.6) is 5.75 Å². The first-order valence-corrected chi connectivity index (χ1v) is 7.25. The number of nitrogens with one attached hydrogen (secondary N) is 2. The van der Waals surface area contributed by atoms with Gasteiger partial charge in [-0.2, -0.15) is 5.10 Å². The maximum atomic E-state index is 12.2. The van der Waals surface area contributed by atoms with E-state index in [-0.39, 0.29) is 5.91 Å². The number of hydrogen-bond donors (Lipinski definition) is 2. The predicted molar refractivity (Wildman–Crippen MR) is 87.2 cm³/mol. The van der Waals surface area contributed by atoms with Crippen molar-refractivity contribution in [3.63, 3.8) is 0 Å². The molecule has 1 aromatic carbocycles. The number of nitrogens with zero attached hydrogens (tertiary/aromatic N) is 2. The minimum atomic E-state index is -0.187. The number of aryl methyl sites for hydroxylation is 1. The lowest BCUT2D eigenvalue weighted by molar-refractivity contribution is 0.0945. The fourth-order valence-corrected chi connectivity index (χ4v) is 2.31. The summed E-state index contributed by atoms with van der Waals surface area (Å²) in [5, 5.41) is 9.85. The molecular formula is C17H18N4O2. The van der Waals surface area contributed by atoms with E-state index in [0.717, 1.165) is 17.0 Å². The van der Waals surface area contributed by atoms with Crippen molar-refractivity contribution in [1.82, 2.24) is 20.1 Å². The third-order valence-electron chi connectivity index (χ3n) is 3.67. The Labute approximate surface area is 134 Å². The van der Waals surface area contributed by atoms with Crippen LogP contribution in [0.15, 0.2) is 48.7 Å². The van der Waals surface area contributed by atoms with Crippen molar-refractivity contribution in [3.8, 4) is 17.0 Å². The van der Waals surface area contributed by atoms with Crippen LogP contribution in [-0.2, 0) is 13.6 Å². The van der Waals surface area contributed by atoms with Crippen LogP contribution in [0.4, 0.5) is 0 Å². The zero-order chi connectivity index (χ0) is 16.2.